The van der Waals surface area contributed by atoms with Crippen LogP contribution in [0.2, 0.25) is 0 Å². The van der Waals surface area contributed by atoms with E-state index >= 15 is 0 Å². The minimum Gasteiger partial charge on any atom is -0.371 e. The molecule has 2 amide bonds. The van der Waals surface area contributed by atoms with Crippen LogP contribution < -0.4 is 15.5 Å². The molecule has 1 saturated carbocycles. The SMILES string of the molecule is CC1CCN(c2ccc(NC(=O)C(=O)NC3CC(CS(C)(=O)=O)C3)cc2)C1. The Bertz CT molecular complexity index is 801. The second-order valence-electron chi connectivity index (χ2n) is 7.94. The second kappa shape index (κ2) is 7.88. The summed E-state index contributed by atoms with van der Waals surface area (Å²) < 4.78 is 22.5. The molecule has 148 valence electrons. The van der Waals surface area contributed by atoms with Crippen LogP contribution in [0.4, 0.5) is 11.4 Å². The fourth-order valence-electron chi connectivity index (χ4n) is 3.78. The Hall–Kier alpha value is -2.09. The molecule has 2 N–H and O–H groups in total. The first-order valence-corrected chi connectivity index (χ1v) is 11.4. The molecule has 1 aliphatic carbocycles. The number of hydrogen-bond donors (Lipinski definition) is 2. The summed E-state index contributed by atoms with van der Waals surface area (Å²) >= 11 is 0. The predicted molar refractivity (Wildman–Crippen MR) is 105 cm³/mol. The van der Waals surface area contributed by atoms with E-state index in [0.29, 0.717) is 24.4 Å². The smallest absolute Gasteiger partial charge is 0.313 e. The van der Waals surface area contributed by atoms with E-state index in [-0.39, 0.29) is 17.7 Å². The van der Waals surface area contributed by atoms with Crippen molar-refractivity contribution in [3.8, 4) is 0 Å². The zero-order valence-corrected chi connectivity index (χ0v) is 16.6. The molecule has 1 aromatic rings. The molecular weight excluding hydrogens is 366 g/mol. The predicted octanol–water partition coefficient (Wildman–Crippen LogP) is 1.41. The highest BCUT2D eigenvalue weighted by molar-refractivity contribution is 7.90. The van der Waals surface area contributed by atoms with Crippen molar-refractivity contribution in [3.05, 3.63) is 24.3 Å². The first-order chi connectivity index (χ1) is 12.7. The number of carbonyl (C=O) groups excluding carboxylic acids is 2. The van der Waals surface area contributed by atoms with E-state index < -0.39 is 21.7 Å². The molecular formula is C19H27N3O4S. The summed E-state index contributed by atoms with van der Waals surface area (Å²) in [5, 5.41) is 5.26. The minimum atomic E-state index is -3.00. The average molecular weight is 394 g/mol. The molecule has 0 aromatic heterocycles. The summed E-state index contributed by atoms with van der Waals surface area (Å²) in [5.74, 6) is -0.501. The fraction of sp³-hybridized carbons (Fsp3) is 0.579. The van der Waals surface area contributed by atoms with E-state index in [1.165, 1.54) is 12.7 Å². The quantitative estimate of drug-likeness (QED) is 0.738. The van der Waals surface area contributed by atoms with Crippen LogP contribution >= 0.6 is 0 Å². The molecule has 7 nitrogen and oxygen atoms in total. The van der Waals surface area contributed by atoms with Crippen molar-refractivity contribution in [1.29, 1.82) is 0 Å². The Labute approximate surface area is 160 Å². The number of benzene rings is 1. The molecule has 0 spiro atoms. The number of hydrogen-bond acceptors (Lipinski definition) is 5. The molecule has 2 fully saturated rings. The highest BCUT2D eigenvalue weighted by Gasteiger charge is 2.33. The van der Waals surface area contributed by atoms with Crippen LogP contribution in [0, 0.1) is 11.8 Å². The fourth-order valence-corrected chi connectivity index (χ4v) is 4.91. The topological polar surface area (TPSA) is 95.6 Å². The summed E-state index contributed by atoms with van der Waals surface area (Å²) in [4.78, 5) is 26.4. The van der Waals surface area contributed by atoms with Gasteiger partial charge in [0.25, 0.3) is 0 Å². The highest BCUT2D eigenvalue weighted by atomic mass is 32.2. The highest BCUT2D eigenvalue weighted by Crippen LogP contribution is 2.28. The molecule has 0 radical (unpaired) electrons. The molecule has 2 aliphatic rings. The van der Waals surface area contributed by atoms with Gasteiger partial charge in [-0.3, -0.25) is 9.59 Å². The van der Waals surface area contributed by atoms with Crippen molar-refractivity contribution in [3.63, 3.8) is 0 Å². The van der Waals surface area contributed by atoms with Gasteiger partial charge in [-0.25, -0.2) is 8.42 Å². The summed E-state index contributed by atoms with van der Waals surface area (Å²) in [6.07, 6.45) is 3.58. The van der Waals surface area contributed by atoms with Gasteiger partial charge in [0.1, 0.15) is 9.84 Å². The van der Waals surface area contributed by atoms with Crippen molar-refractivity contribution in [2.24, 2.45) is 11.8 Å². The van der Waals surface area contributed by atoms with Gasteiger partial charge < -0.3 is 15.5 Å². The third-order valence-electron chi connectivity index (χ3n) is 5.23. The van der Waals surface area contributed by atoms with E-state index in [2.05, 4.69) is 22.5 Å². The van der Waals surface area contributed by atoms with Gasteiger partial charge >= 0.3 is 11.8 Å². The maximum absolute atomic E-state index is 12.1. The number of rotatable bonds is 5. The van der Waals surface area contributed by atoms with Crippen LogP contribution in [-0.4, -0.2) is 51.4 Å². The number of amides is 2. The van der Waals surface area contributed by atoms with Crippen LogP contribution in [0.1, 0.15) is 26.2 Å². The number of anilines is 2. The minimum absolute atomic E-state index is 0.0641. The lowest BCUT2D eigenvalue weighted by molar-refractivity contribution is -0.137. The molecule has 8 heteroatoms. The largest absolute Gasteiger partial charge is 0.371 e. The lowest BCUT2D eigenvalue weighted by Gasteiger charge is -2.35. The Kier molecular flexibility index (Phi) is 5.74. The van der Waals surface area contributed by atoms with E-state index in [1.807, 2.05) is 12.1 Å². The maximum Gasteiger partial charge on any atom is 0.313 e. The molecule has 1 atom stereocenters. The molecule has 0 bridgehead atoms. The van der Waals surface area contributed by atoms with E-state index in [9.17, 15) is 18.0 Å². The molecule has 27 heavy (non-hydrogen) atoms. The monoisotopic (exact) mass is 393 g/mol. The van der Waals surface area contributed by atoms with Crippen LogP contribution in [0.5, 0.6) is 0 Å². The van der Waals surface area contributed by atoms with Crippen LogP contribution in [-0.2, 0) is 19.4 Å². The van der Waals surface area contributed by atoms with Gasteiger partial charge in [-0.05, 0) is 55.4 Å². The summed E-state index contributed by atoms with van der Waals surface area (Å²) in [5.41, 5.74) is 1.70. The molecule has 1 aromatic carbocycles. The first-order valence-electron chi connectivity index (χ1n) is 9.34. The third kappa shape index (κ3) is 5.45. The van der Waals surface area contributed by atoms with E-state index in [1.54, 1.807) is 12.1 Å². The zero-order valence-electron chi connectivity index (χ0n) is 15.8. The van der Waals surface area contributed by atoms with Crippen molar-refractivity contribution >= 4 is 33.0 Å². The van der Waals surface area contributed by atoms with Crippen LogP contribution in [0.15, 0.2) is 24.3 Å². The average Bonchev–Trinajstić information content (AvgIpc) is 2.98. The molecule has 1 saturated heterocycles. The number of carbonyl (C=O) groups is 2. The lowest BCUT2D eigenvalue weighted by atomic mass is 9.81. The Morgan fingerprint density at radius 3 is 2.37 bits per heavy atom. The Balaban J connectivity index is 1.44. The van der Waals surface area contributed by atoms with Crippen LogP contribution in [0.25, 0.3) is 0 Å². The van der Waals surface area contributed by atoms with Gasteiger partial charge in [0.15, 0.2) is 0 Å². The normalized spacial score (nSPS) is 25.0. The number of nitrogens with one attached hydrogen (secondary N) is 2. The van der Waals surface area contributed by atoms with Crippen LogP contribution in [0.3, 0.4) is 0 Å². The zero-order chi connectivity index (χ0) is 19.6. The number of sulfone groups is 1. The Morgan fingerprint density at radius 1 is 1.15 bits per heavy atom. The van der Waals surface area contributed by atoms with Gasteiger partial charge in [0.2, 0.25) is 0 Å². The summed E-state index contributed by atoms with van der Waals surface area (Å²) in [6.45, 7) is 4.31. The summed E-state index contributed by atoms with van der Waals surface area (Å²) in [7, 11) is -3.00. The van der Waals surface area contributed by atoms with Gasteiger partial charge in [-0.2, -0.15) is 0 Å². The Morgan fingerprint density at radius 2 is 1.81 bits per heavy atom. The molecule has 1 unspecified atom stereocenters. The maximum atomic E-state index is 12.1. The van der Waals surface area contributed by atoms with E-state index in [4.69, 9.17) is 0 Å². The second-order valence-corrected chi connectivity index (χ2v) is 10.1. The first kappa shape index (κ1) is 19.7. The lowest BCUT2D eigenvalue weighted by Crippen LogP contribution is -2.49. The van der Waals surface area contributed by atoms with Crippen molar-refractivity contribution in [2.45, 2.75) is 32.2 Å². The third-order valence-corrected chi connectivity index (χ3v) is 6.31. The molecule has 3 rings (SSSR count). The van der Waals surface area contributed by atoms with E-state index in [0.717, 1.165) is 18.8 Å². The van der Waals surface area contributed by atoms with Crippen molar-refractivity contribution in [1.82, 2.24) is 5.32 Å². The van der Waals surface area contributed by atoms with Crippen molar-refractivity contribution < 1.29 is 18.0 Å². The van der Waals surface area contributed by atoms with Crippen molar-refractivity contribution in [2.75, 3.05) is 35.3 Å². The van der Waals surface area contributed by atoms with Gasteiger partial charge in [0.05, 0.1) is 5.75 Å². The summed E-state index contributed by atoms with van der Waals surface area (Å²) in [6, 6.07) is 7.37. The number of nitrogens with zero attached hydrogens (tertiary/aromatic N) is 1. The standard InChI is InChI=1S/C19H27N3O4S/c1-13-7-8-22(11-13)17-5-3-15(4-6-17)20-18(23)19(24)21-16-9-14(10-16)12-27(2,25)26/h3-6,13-14,16H,7-12H2,1-2H3,(H,20,23)(H,21,24). The van der Waals surface area contributed by atoms with Gasteiger partial charge in [-0.1, -0.05) is 6.92 Å². The molecule has 1 aliphatic heterocycles. The van der Waals surface area contributed by atoms with Gasteiger partial charge in [0, 0.05) is 36.8 Å². The van der Waals surface area contributed by atoms with Gasteiger partial charge in [-0.15, -0.1) is 0 Å². The molecule has 1 heterocycles.